The molecule has 0 amide bonds. The van der Waals surface area contributed by atoms with Crippen LogP contribution in [0.25, 0.3) is 0 Å². The summed E-state index contributed by atoms with van der Waals surface area (Å²) in [5.41, 5.74) is 0. The molecule has 0 radical (unpaired) electrons. The first kappa shape index (κ1) is 4.73. The second-order valence-electron chi connectivity index (χ2n) is 3.95. The summed E-state index contributed by atoms with van der Waals surface area (Å²) in [7, 11) is 0. The molecule has 9 heavy (non-hydrogen) atoms. The van der Waals surface area contributed by atoms with Crippen molar-refractivity contribution in [2.45, 2.75) is 25.4 Å². The summed E-state index contributed by atoms with van der Waals surface area (Å²) in [5, 5.41) is 9.42. The van der Waals surface area contributed by atoms with Crippen LogP contribution >= 0.6 is 0 Å². The molecule has 3 fully saturated rings. The van der Waals surface area contributed by atoms with Crippen LogP contribution in [0.3, 0.4) is 0 Å². The SMILES string of the molecule is O[C@H]1C[C@H]2C3[C@H]2CC[C@@H]31. The molecule has 1 N–H and O–H groups in total. The molecule has 3 aliphatic carbocycles. The van der Waals surface area contributed by atoms with Crippen molar-refractivity contribution in [1.82, 2.24) is 0 Å². The number of fused-ring (bicyclic) bond motifs is 1. The van der Waals surface area contributed by atoms with Gasteiger partial charge >= 0.3 is 0 Å². The Morgan fingerprint density at radius 1 is 1.00 bits per heavy atom. The number of aliphatic hydroxyl groups excluding tert-OH is 1. The van der Waals surface area contributed by atoms with Crippen molar-refractivity contribution in [1.29, 1.82) is 0 Å². The van der Waals surface area contributed by atoms with Gasteiger partial charge in [-0.05, 0) is 42.9 Å². The Morgan fingerprint density at radius 2 is 1.78 bits per heavy atom. The van der Waals surface area contributed by atoms with Crippen molar-refractivity contribution < 1.29 is 5.11 Å². The van der Waals surface area contributed by atoms with Gasteiger partial charge in [-0.3, -0.25) is 0 Å². The second-order valence-corrected chi connectivity index (χ2v) is 3.95. The lowest BCUT2D eigenvalue weighted by molar-refractivity contribution is 0.121. The van der Waals surface area contributed by atoms with Gasteiger partial charge in [0.2, 0.25) is 0 Å². The van der Waals surface area contributed by atoms with Crippen LogP contribution in [-0.4, -0.2) is 11.2 Å². The molecule has 0 spiro atoms. The Hall–Kier alpha value is -0.0400. The zero-order valence-electron chi connectivity index (χ0n) is 5.46. The van der Waals surface area contributed by atoms with Gasteiger partial charge in [-0.1, -0.05) is 0 Å². The topological polar surface area (TPSA) is 20.2 Å². The van der Waals surface area contributed by atoms with Gasteiger partial charge < -0.3 is 5.11 Å². The van der Waals surface area contributed by atoms with E-state index in [2.05, 4.69) is 0 Å². The number of aliphatic hydroxyl groups is 1. The van der Waals surface area contributed by atoms with E-state index in [0.29, 0.717) is 0 Å². The monoisotopic (exact) mass is 124 g/mol. The molecule has 50 valence electrons. The van der Waals surface area contributed by atoms with Crippen molar-refractivity contribution in [3.05, 3.63) is 0 Å². The Balaban J connectivity index is 1.96. The van der Waals surface area contributed by atoms with Crippen molar-refractivity contribution in [2.75, 3.05) is 0 Å². The minimum atomic E-state index is 0.0961. The zero-order valence-corrected chi connectivity index (χ0v) is 5.46. The quantitative estimate of drug-likeness (QED) is 0.511. The van der Waals surface area contributed by atoms with Crippen LogP contribution in [0.15, 0.2) is 0 Å². The fourth-order valence-electron chi connectivity index (χ4n) is 3.33. The van der Waals surface area contributed by atoms with Crippen LogP contribution in [0.5, 0.6) is 0 Å². The molecule has 0 saturated heterocycles. The van der Waals surface area contributed by atoms with E-state index in [-0.39, 0.29) is 6.10 Å². The van der Waals surface area contributed by atoms with Crippen molar-refractivity contribution >= 4 is 0 Å². The third-order valence-electron chi connectivity index (χ3n) is 3.73. The molecule has 0 aliphatic heterocycles. The number of rotatable bonds is 0. The van der Waals surface area contributed by atoms with Gasteiger partial charge in [0.25, 0.3) is 0 Å². The van der Waals surface area contributed by atoms with E-state index in [4.69, 9.17) is 0 Å². The molecule has 0 aromatic rings. The maximum Gasteiger partial charge on any atom is 0.0574 e. The van der Waals surface area contributed by atoms with E-state index in [1.807, 2.05) is 0 Å². The van der Waals surface area contributed by atoms with Crippen LogP contribution in [0.2, 0.25) is 0 Å². The summed E-state index contributed by atoms with van der Waals surface area (Å²) < 4.78 is 0. The molecule has 0 aromatic heterocycles. The van der Waals surface area contributed by atoms with Crippen LogP contribution in [-0.2, 0) is 0 Å². The summed E-state index contributed by atoms with van der Waals surface area (Å²) >= 11 is 0. The Kier molecular flexibility index (Phi) is 0.628. The lowest BCUT2D eigenvalue weighted by Crippen LogP contribution is -2.13. The average molecular weight is 124 g/mol. The predicted octanol–water partition coefficient (Wildman–Crippen LogP) is 1.02. The van der Waals surface area contributed by atoms with Gasteiger partial charge in [0.05, 0.1) is 6.10 Å². The Bertz CT molecular complexity index is 155. The highest BCUT2D eigenvalue weighted by Crippen LogP contribution is 2.68. The van der Waals surface area contributed by atoms with Crippen LogP contribution in [0.4, 0.5) is 0 Å². The highest BCUT2D eigenvalue weighted by molar-refractivity contribution is 5.13. The molecule has 1 nitrogen and oxygen atoms in total. The van der Waals surface area contributed by atoms with E-state index in [1.54, 1.807) is 0 Å². The van der Waals surface area contributed by atoms with E-state index in [9.17, 15) is 5.11 Å². The molecule has 0 heterocycles. The largest absolute Gasteiger partial charge is 0.393 e. The molecule has 3 rings (SSSR count). The van der Waals surface area contributed by atoms with Crippen LogP contribution in [0.1, 0.15) is 19.3 Å². The van der Waals surface area contributed by atoms with Crippen molar-refractivity contribution in [3.63, 3.8) is 0 Å². The third kappa shape index (κ3) is 0.389. The minimum absolute atomic E-state index is 0.0961. The molecular weight excluding hydrogens is 112 g/mol. The molecule has 0 aromatic carbocycles. The third-order valence-corrected chi connectivity index (χ3v) is 3.73. The minimum Gasteiger partial charge on any atom is -0.393 e. The van der Waals surface area contributed by atoms with Crippen molar-refractivity contribution in [2.24, 2.45) is 23.7 Å². The van der Waals surface area contributed by atoms with Crippen LogP contribution < -0.4 is 0 Å². The molecule has 1 heteroatoms. The maximum absolute atomic E-state index is 9.42. The van der Waals surface area contributed by atoms with Gasteiger partial charge in [-0.2, -0.15) is 0 Å². The first-order chi connectivity index (χ1) is 4.38. The fourth-order valence-corrected chi connectivity index (χ4v) is 3.33. The second kappa shape index (κ2) is 1.20. The van der Waals surface area contributed by atoms with Gasteiger partial charge in [-0.15, -0.1) is 0 Å². The van der Waals surface area contributed by atoms with E-state index < -0.39 is 0 Å². The summed E-state index contributed by atoms with van der Waals surface area (Å²) in [6, 6.07) is 0. The number of hydrogen-bond donors (Lipinski definition) is 1. The zero-order chi connectivity index (χ0) is 6.01. The van der Waals surface area contributed by atoms with Crippen LogP contribution in [0, 0.1) is 23.7 Å². The summed E-state index contributed by atoms with van der Waals surface area (Å²) in [5.74, 6) is 3.76. The van der Waals surface area contributed by atoms with Gasteiger partial charge in [-0.25, -0.2) is 0 Å². The maximum atomic E-state index is 9.42. The lowest BCUT2D eigenvalue weighted by Gasteiger charge is -2.09. The standard InChI is InChI=1S/C8H12O/c9-7-3-6-4-1-2-5(7)8(4)6/h4-9H,1-3H2/t4-,5+,6+,7-,8?/m0/s1. The van der Waals surface area contributed by atoms with Gasteiger partial charge in [0.15, 0.2) is 0 Å². The Morgan fingerprint density at radius 3 is 2.44 bits per heavy atom. The highest BCUT2D eigenvalue weighted by atomic mass is 16.3. The first-order valence-electron chi connectivity index (χ1n) is 4.06. The first-order valence-corrected chi connectivity index (χ1v) is 4.06. The van der Waals surface area contributed by atoms with Gasteiger partial charge in [0.1, 0.15) is 0 Å². The molecule has 3 saturated carbocycles. The fraction of sp³-hybridized carbons (Fsp3) is 1.00. The molecule has 5 atom stereocenters. The normalized spacial score (nSPS) is 68.3. The summed E-state index contributed by atoms with van der Waals surface area (Å²) in [6.45, 7) is 0. The van der Waals surface area contributed by atoms with E-state index in [1.165, 1.54) is 12.8 Å². The molecule has 1 unspecified atom stereocenters. The molecule has 3 aliphatic rings. The van der Waals surface area contributed by atoms with Crippen molar-refractivity contribution in [3.8, 4) is 0 Å². The molecular formula is C8H12O. The lowest BCUT2D eigenvalue weighted by atomic mass is 10.0. The highest BCUT2D eigenvalue weighted by Gasteiger charge is 2.64. The van der Waals surface area contributed by atoms with E-state index >= 15 is 0 Å². The Labute approximate surface area is 55.1 Å². The average Bonchev–Trinajstić information content (AvgIpc) is 2.30. The van der Waals surface area contributed by atoms with Gasteiger partial charge in [0, 0.05) is 0 Å². The summed E-state index contributed by atoms with van der Waals surface area (Å²) in [4.78, 5) is 0. The number of hydrogen-bond acceptors (Lipinski definition) is 1. The van der Waals surface area contributed by atoms with E-state index in [0.717, 1.165) is 30.1 Å². The predicted molar refractivity (Wildman–Crippen MR) is 33.8 cm³/mol. The molecule has 0 bridgehead atoms. The smallest absolute Gasteiger partial charge is 0.0574 e. The summed E-state index contributed by atoms with van der Waals surface area (Å²) in [6.07, 6.45) is 3.99.